The highest BCUT2D eigenvalue weighted by atomic mass is 31.0. The number of nitrogens with zero attached hydrogens (tertiary/aromatic N) is 1. The van der Waals surface area contributed by atoms with Crippen LogP contribution < -0.4 is 15.9 Å². The number of hydrogen-bond donors (Lipinski definition) is 4. The van der Waals surface area contributed by atoms with Gasteiger partial charge < -0.3 is 15.5 Å². The number of amides is 2. The van der Waals surface area contributed by atoms with Gasteiger partial charge in [0.25, 0.3) is 0 Å². The number of Topliss-reactive ketones (excluding diaryl/α,β-unsaturated/α-hetero) is 1. The summed E-state index contributed by atoms with van der Waals surface area (Å²) in [5.41, 5.74) is 4.08. The van der Waals surface area contributed by atoms with Crippen molar-refractivity contribution in [2.45, 2.75) is 59.8 Å². The third-order valence-electron chi connectivity index (χ3n) is 6.87. The zero-order valence-corrected chi connectivity index (χ0v) is 29.8. The van der Waals surface area contributed by atoms with Gasteiger partial charge in [0, 0.05) is 30.2 Å². The molecule has 13 heteroatoms. The average Bonchev–Trinajstić information content (AvgIpc) is 3.05. The van der Waals surface area contributed by atoms with Gasteiger partial charge in [-0.15, -0.1) is 9.24 Å². The monoisotopic (exact) mass is 713 g/mol. The van der Waals surface area contributed by atoms with Crippen LogP contribution in [-0.2, 0) is 9.59 Å². The van der Waals surface area contributed by atoms with Crippen LogP contribution in [0.2, 0.25) is 0 Å². The predicted octanol–water partition coefficient (Wildman–Crippen LogP) is 8.84. The van der Waals surface area contributed by atoms with E-state index in [-0.39, 0.29) is 17.9 Å². The number of urea groups is 1. The Morgan fingerprint density at radius 2 is 1.66 bits per heavy atom. The maximum absolute atomic E-state index is 13.9. The Balaban J connectivity index is 0.000000693. The Morgan fingerprint density at radius 1 is 1.04 bits per heavy atom. The van der Waals surface area contributed by atoms with Gasteiger partial charge >= 0.3 is 23.9 Å². The molecule has 50 heavy (non-hydrogen) atoms. The maximum Gasteiger partial charge on any atom is 0.374 e. The summed E-state index contributed by atoms with van der Waals surface area (Å²) >= 11 is 0. The fourth-order valence-electron chi connectivity index (χ4n) is 4.02. The van der Waals surface area contributed by atoms with E-state index >= 15 is 0 Å². The summed E-state index contributed by atoms with van der Waals surface area (Å²) in [5.74, 6) is -7.76. The lowest BCUT2D eigenvalue weighted by Crippen LogP contribution is -2.23. The maximum atomic E-state index is 13.9. The quantitative estimate of drug-likeness (QED) is 0.0834. The van der Waals surface area contributed by atoms with E-state index in [0.717, 1.165) is 11.1 Å². The van der Waals surface area contributed by atoms with Gasteiger partial charge in [-0.05, 0) is 56.3 Å². The zero-order chi connectivity index (χ0) is 38.0. The van der Waals surface area contributed by atoms with Crippen molar-refractivity contribution in [3.63, 3.8) is 0 Å². The number of carboxylic acids is 2. The minimum atomic E-state index is -3.58. The highest BCUT2D eigenvalue weighted by Crippen LogP contribution is 2.25. The van der Waals surface area contributed by atoms with E-state index in [1.807, 2.05) is 26.0 Å². The number of aromatic nitrogens is 1. The number of nitrogens with one attached hydrogen (secondary N) is 2. The third-order valence-corrected chi connectivity index (χ3v) is 7.36. The van der Waals surface area contributed by atoms with Gasteiger partial charge in [-0.2, -0.15) is 8.78 Å². The van der Waals surface area contributed by atoms with Crippen LogP contribution in [0, 0.1) is 18.7 Å². The van der Waals surface area contributed by atoms with E-state index in [4.69, 9.17) is 5.11 Å². The predicted molar refractivity (Wildman–Crippen MR) is 195 cm³/mol. The molecule has 2 unspecified atom stereocenters. The molecule has 4 N–H and O–H groups in total. The fraction of sp³-hybridized carbons (Fsp3) is 0.270. The molecule has 2 amide bonds. The summed E-state index contributed by atoms with van der Waals surface area (Å²) < 4.78 is 36.4. The molecule has 0 saturated carbocycles. The molecule has 0 aliphatic carbocycles. The number of hydrogen-bond acceptors (Lipinski definition) is 5. The molecular formula is C37H43F3N3O6P. The normalized spacial score (nSPS) is 11.7. The molecule has 268 valence electrons. The molecule has 0 spiro atoms. The zero-order valence-electron chi connectivity index (χ0n) is 28.6. The number of benzene rings is 2. The Labute approximate surface area is 292 Å². The first-order valence-electron chi connectivity index (χ1n) is 15.4. The number of allylic oxidation sites excluding steroid dienone is 5. The molecule has 0 aliphatic rings. The fourth-order valence-corrected chi connectivity index (χ4v) is 4.35. The molecule has 3 aromatic rings. The van der Waals surface area contributed by atoms with E-state index in [1.165, 1.54) is 11.6 Å². The summed E-state index contributed by atoms with van der Waals surface area (Å²) in [6.45, 7) is 11.6. The lowest BCUT2D eigenvalue weighted by atomic mass is 9.93. The molecule has 0 fully saturated rings. The number of aliphatic carboxylic acids is 2. The number of rotatable bonds is 12. The van der Waals surface area contributed by atoms with Crippen LogP contribution in [-0.4, -0.2) is 44.9 Å². The summed E-state index contributed by atoms with van der Waals surface area (Å²) in [7, 11) is 2.37. The van der Waals surface area contributed by atoms with E-state index in [0.29, 0.717) is 42.1 Å². The first-order valence-corrected chi connectivity index (χ1v) is 16.0. The number of para-hydroxylation sites is 1. The van der Waals surface area contributed by atoms with Crippen molar-refractivity contribution in [3.05, 3.63) is 108 Å². The van der Waals surface area contributed by atoms with E-state index in [9.17, 15) is 37.5 Å². The van der Waals surface area contributed by atoms with Gasteiger partial charge in [0.15, 0.2) is 5.78 Å². The van der Waals surface area contributed by atoms with Crippen molar-refractivity contribution in [1.82, 2.24) is 4.98 Å². The summed E-state index contributed by atoms with van der Waals surface area (Å²) in [5, 5.41) is 22.4. The molecule has 0 saturated heterocycles. The van der Waals surface area contributed by atoms with Crippen LogP contribution in [0.1, 0.15) is 63.0 Å². The van der Waals surface area contributed by atoms with Gasteiger partial charge in [0.05, 0.1) is 11.6 Å². The molecule has 1 aromatic heterocycles. The number of carboxylic acid groups (broad SMARTS) is 2. The summed E-state index contributed by atoms with van der Waals surface area (Å²) in [4.78, 5) is 49.9. The van der Waals surface area contributed by atoms with Gasteiger partial charge in [-0.1, -0.05) is 86.2 Å². The average molecular weight is 714 g/mol. The Kier molecular flexibility index (Phi) is 18.1. The van der Waals surface area contributed by atoms with Gasteiger partial charge in [-0.3, -0.25) is 14.9 Å². The lowest BCUT2D eigenvalue weighted by Gasteiger charge is -2.12. The number of alkyl halides is 2. The number of pyridine rings is 1. The second-order valence-corrected chi connectivity index (χ2v) is 11.6. The van der Waals surface area contributed by atoms with Crippen LogP contribution in [0.5, 0.6) is 0 Å². The van der Waals surface area contributed by atoms with Gasteiger partial charge in [-0.25, -0.2) is 19.0 Å². The van der Waals surface area contributed by atoms with Crippen molar-refractivity contribution >= 4 is 49.8 Å². The third kappa shape index (κ3) is 15.0. The molecule has 0 radical (unpaired) electrons. The van der Waals surface area contributed by atoms with E-state index in [2.05, 4.69) is 44.4 Å². The van der Waals surface area contributed by atoms with Crippen LogP contribution in [0.4, 0.5) is 29.5 Å². The number of anilines is 2. The topological polar surface area (TPSA) is 146 Å². The minimum Gasteiger partial charge on any atom is -0.481 e. The molecule has 0 bridgehead atoms. The van der Waals surface area contributed by atoms with Crippen molar-refractivity contribution in [1.29, 1.82) is 0 Å². The SMILES string of the molecule is C=C/C=C\C(C)=C/C.CC(F)(F)C(=O)O.CCCC(CC(=O)c1ccc(-c2ccc(NC(=O)Nc3c(F)cccc3P)nc2C)cc1)C(=O)O. The minimum absolute atomic E-state index is 0.0311. The molecule has 9 nitrogen and oxygen atoms in total. The first-order chi connectivity index (χ1) is 23.4. The lowest BCUT2D eigenvalue weighted by molar-refractivity contribution is -0.162. The summed E-state index contributed by atoms with van der Waals surface area (Å²) in [6.07, 6.45) is 8.90. The number of ketones is 1. The number of carbonyl (C=O) groups is 4. The second-order valence-electron chi connectivity index (χ2n) is 11.0. The highest BCUT2D eigenvalue weighted by molar-refractivity contribution is 7.28. The van der Waals surface area contributed by atoms with Crippen LogP contribution in [0.25, 0.3) is 11.1 Å². The van der Waals surface area contributed by atoms with Gasteiger partial charge in [0.2, 0.25) is 0 Å². The largest absolute Gasteiger partial charge is 0.481 e. The molecule has 3 rings (SSSR count). The van der Waals surface area contributed by atoms with Crippen LogP contribution in [0.15, 0.2) is 91.1 Å². The molecule has 2 atom stereocenters. The number of halogens is 3. The van der Waals surface area contributed by atoms with Crippen LogP contribution >= 0.6 is 9.24 Å². The Bertz CT molecular complexity index is 1680. The molecule has 1 heterocycles. The molecule has 0 aliphatic heterocycles. The second kappa shape index (κ2) is 21.1. The highest BCUT2D eigenvalue weighted by Gasteiger charge is 2.31. The van der Waals surface area contributed by atoms with E-state index in [1.54, 1.807) is 61.5 Å². The number of carbonyl (C=O) groups excluding carboxylic acids is 2. The van der Waals surface area contributed by atoms with Crippen molar-refractivity contribution in [2.75, 3.05) is 10.6 Å². The smallest absolute Gasteiger partial charge is 0.374 e. The van der Waals surface area contributed by atoms with Crippen molar-refractivity contribution in [2.24, 2.45) is 5.92 Å². The van der Waals surface area contributed by atoms with Crippen molar-refractivity contribution < 1.29 is 42.6 Å². The standard InChI is InChI=1S/C26H27FN3O4P.C8H12.C3H4F2O2/c1-3-5-18(25(32)33)14-21(31)17-10-8-16(9-11-17)19-12-13-23(28-15(19)2)29-26(34)30-24-20(27)6-4-7-22(24)35;1-4-6-7-8(3)5-2;1-3(4,5)2(6)7/h4,6-13,18H,3,5,14,35H2,1-2H3,(H,32,33)(H2,28,29,30,34);4-7H,1H2,2-3H3;1H3,(H,6,7)/b;7-6-,8-5-;. The van der Waals surface area contributed by atoms with Crippen LogP contribution in [0.3, 0.4) is 0 Å². The first kappa shape index (κ1) is 42.9. The molecular weight excluding hydrogens is 670 g/mol. The Hall–Kier alpha value is -5.09. The molecule has 2 aromatic carbocycles. The Morgan fingerprint density at radius 3 is 2.14 bits per heavy atom. The summed E-state index contributed by atoms with van der Waals surface area (Å²) in [6, 6.07) is 14.2. The van der Waals surface area contributed by atoms with Gasteiger partial charge in [0.1, 0.15) is 11.6 Å². The van der Waals surface area contributed by atoms with Crippen molar-refractivity contribution in [3.8, 4) is 11.1 Å². The number of aryl methyl sites for hydroxylation is 1. The van der Waals surface area contributed by atoms with E-state index < -0.39 is 35.6 Å².